The lowest BCUT2D eigenvalue weighted by Gasteiger charge is -2.28. The first-order chi connectivity index (χ1) is 8.29. The van der Waals surface area contributed by atoms with Crippen LogP contribution in [0.25, 0.3) is 0 Å². The van der Waals surface area contributed by atoms with Crippen molar-refractivity contribution in [2.75, 3.05) is 0 Å². The van der Waals surface area contributed by atoms with Crippen LogP contribution < -0.4 is 0 Å². The van der Waals surface area contributed by atoms with Crippen molar-refractivity contribution >= 4 is 0 Å². The number of rotatable bonds is 5. The molecule has 0 aromatic heterocycles. The fraction of sp³-hybridized carbons (Fsp3) is 0.571. The van der Waals surface area contributed by atoms with Crippen LogP contribution >= 0.6 is 0 Å². The number of hydrogen-bond acceptors (Lipinski definition) is 1. The van der Waals surface area contributed by atoms with Crippen LogP contribution in [0.1, 0.15) is 26.3 Å². The molecule has 0 spiro atoms. The number of hydrogen-bond donors (Lipinski definition) is 0. The smallest absolute Gasteiger partial charge is 0.288 e. The van der Waals surface area contributed by atoms with E-state index in [-0.39, 0.29) is 11.8 Å². The Bertz CT molecular complexity index is 346. The molecule has 0 aliphatic rings. The van der Waals surface area contributed by atoms with E-state index in [0.29, 0.717) is 6.42 Å². The zero-order chi connectivity index (χ0) is 13.8. The Hall–Kier alpha value is -1.03. The van der Waals surface area contributed by atoms with Crippen LogP contribution in [0.15, 0.2) is 30.3 Å². The molecule has 0 N–H and O–H groups in total. The predicted molar refractivity (Wildman–Crippen MR) is 65.1 cm³/mol. The average Bonchev–Trinajstić information content (AvgIpc) is 2.25. The van der Waals surface area contributed by atoms with Crippen LogP contribution in [0, 0.1) is 11.8 Å². The maximum atomic E-state index is 12.3. The summed E-state index contributed by atoms with van der Waals surface area (Å²) >= 11 is 0. The minimum Gasteiger partial charge on any atom is -0.288 e. The summed E-state index contributed by atoms with van der Waals surface area (Å²) in [5.41, 5.74) is 1.03. The van der Waals surface area contributed by atoms with E-state index in [4.69, 9.17) is 0 Å². The van der Waals surface area contributed by atoms with E-state index in [1.54, 1.807) is 20.8 Å². The molecular formula is C14H19F3O. The first kappa shape index (κ1) is 15.0. The second-order valence-electron chi connectivity index (χ2n) is 4.94. The van der Waals surface area contributed by atoms with Gasteiger partial charge in [0.25, 0.3) is 0 Å². The molecule has 0 fully saturated rings. The van der Waals surface area contributed by atoms with Crippen molar-refractivity contribution in [3.05, 3.63) is 35.9 Å². The molecule has 1 rings (SSSR count). The molecule has 0 heterocycles. The van der Waals surface area contributed by atoms with Crippen LogP contribution in [0.2, 0.25) is 0 Å². The van der Waals surface area contributed by atoms with Crippen molar-refractivity contribution in [2.24, 2.45) is 11.8 Å². The summed E-state index contributed by atoms with van der Waals surface area (Å²) in [7, 11) is 0. The van der Waals surface area contributed by atoms with E-state index < -0.39 is 12.5 Å². The molecule has 1 nitrogen and oxygen atoms in total. The molecule has 0 amide bonds. The van der Waals surface area contributed by atoms with E-state index in [0.717, 1.165) is 5.56 Å². The Morgan fingerprint density at radius 2 is 1.61 bits per heavy atom. The quantitative estimate of drug-likeness (QED) is 0.761. The Kier molecular flexibility index (Phi) is 5.20. The fourth-order valence-electron chi connectivity index (χ4n) is 2.17. The van der Waals surface area contributed by atoms with Crippen LogP contribution in [-0.2, 0) is 11.2 Å². The second-order valence-corrected chi connectivity index (χ2v) is 4.94. The molecule has 1 aromatic rings. The lowest BCUT2D eigenvalue weighted by molar-refractivity contribution is -0.353. The molecule has 4 heteroatoms. The van der Waals surface area contributed by atoms with Crippen LogP contribution in [0.3, 0.4) is 0 Å². The third-order valence-electron chi connectivity index (χ3n) is 2.89. The molecule has 0 saturated heterocycles. The monoisotopic (exact) mass is 260 g/mol. The van der Waals surface area contributed by atoms with Gasteiger partial charge in [0.1, 0.15) is 0 Å². The van der Waals surface area contributed by atoms with Crippen molar-refractivity contribution in [3.8, 4) is 0 Å². The van der Waals surface area contributed by atoms with Crippen LogP contribution in [0.4, 0.5) is 13.2 Å². The molecule has 1 aromatic carbocycles. The normalized spacial score (nSPS) is 15.7. The van der Waals surface area contributed by atoms with Crippen molar-refractivity contribution in [1.29, 1.82) is 0 Å². The Labute approximate surface area is 106 Å². The van der Waals surface area contributed by atoms with Gasteiger partial charge in [-0.25, -0.2) is 0 Å². The molecular weight excluding hydrogens is 241 g/mol. The average molecular weight is 260 g/mol. The minimum absolute atomic E-state index is 0.176. The van der Waals surface area contributed by atoms with E-state index in [1.807, 2.05) is 30.3 Å². The third-order valence-corrected chi connectivity index (χ3v) is 2.89. The highest BCUT2D eigenvalue weighted by atomic mass is 19.4. The minimum atomic E-state index is -4.57. The van der Waals surface area contributed by atoms with E-state index in [1.165, 1.54) is 0 Å². The molecule has 0 aliphatic heterocycles. The number of benzene rings is 1. The van der Waals surface area contributed by atoms with E-state index >= 15 is 0 Å². The first-order valence-corrected chi connectivity index (χ1v) is 6.08. The summed E-state index contributed by atoms with van der Waals surface area (Å²) in [5, 5.41) is 0. The van der Waals surface area contributed by atoms with Crippen molar-refractivity contribution in [3.63, 3.8) is 0 Å². The Morgan fingerprint density at radius 1 is 1.06 bits per heavy atom. The summed E-state index contributed by atoms with van der Waals surface area (Å²) in [6, 6.07) is 9.50. The van der Waals surface area contributed by atoms with Gasteiger partial charge in [-0.2, -0.15) is 0 Å². The van der Waals surface area contributed by atoms with Crippen molar-refractivity contribution in [1.82, 2.24) is 0 Å². The van der Waals surface area contributed by atoms with Gasteiger partial charge in [0.2, 0.25) is 0 Å². The molecule has 0 radical (unpaired) electrons. The Balaban J connectivity index is 2.68. The molecule has 0 bridgehead atoms. The van der Waals surface area contributed by atoms with Gasteiger partial charge < -0.3 is 0 Å². The molecule has 0 aliphatic carbocycles. The lowest BCUT2D eigenvalue weighted by atomic mass is 9.89. The zero-order valence-corrected chi connectivity index (χ0v) is 10.9. The van der Waals surface area contributed by atoms with Crippen molar-refractivity contribution < 1.29 is 17.9 Å². The number of halogens is 3. The lowest BCUT2D eigenvalue weighted by Crippen LogP contribution is -2.34. The summed E-state index contributed by atoms with van der Waals surface area (Å²) in [6.45, 7) is 5.29. The van der Waals surface area contributed by atoms with Crippen LogP contribution in [-0.4, -0.2) is 12.5 Å². The zero-order valence-electron chi connectivity index (χ0n) is 10.9. The molecule has 2 unspecified atom stereocenters. The fourth-order valence-corrected chi connectivity index (χ4v) is 2.17. The molecule has 18 heavy (non-hydrogen) atoms. The maximum absolute atomic E-state index is 12.3. The summed E-state index contributed by atoms with van der Waals surface area (Å²) < 4.78 is 41.3. The van der Waals surface area contributed by atoms with E-state index in [2.05, 4.69) is 4.74 Å². The molecule has 102 valence electrons. The van der Waals surface area contributed by atoms with Gasteiger partial charge in [-0.05, 0) is 23.8 Å². The standard InChI is InChI=1S/C14H19F3O/c1-10(2)13(18-14(15,16)17)11(3)9-12-7-5-4-6-8-12/h4-8,10-11,13H,9H2,1-3H3. The Morgan fingerprint density at radius 3 is 2.06 bits per heavy atom. The molecule has 0 saturated carbocycles. The number of alkyl halides is 3. The van der Waals surface area contributed by atoms with Gasteiger partial charge in [0, 0.05) is 0 Å². The van der Waals surface area contributed by atoms with Gasteiger partial charge in [-0.15, -0.1) is 13.2 Å². The van der Waals surface area contributed by atoms with E-state index in [9.17, 15) is 13.2 Å². The largest absolute Gasteiger partial charge is 0.522 e. The third kappa shape index (κ3) is 5.08. The van der Waals surface area contributed by atoms with Crippen molar-refractivity contribution in [2.45, 2.75) is 39.7 Å². The second kappa shape index (κ2) is 6.23. The first-order valence-electron chi connectivity index (χ1n) is 6.08. The van der Waals surface area contributed by atoms with Crippen LogP contribution in [0.5, 0.6) is 0 Å². The maximum Gasteiger partial charge on any atom is 0.522 e. The highest BCUT2D eigenvalue weighted by molar-refractivity contribution is 5.15. The van der Waals surface area contributed by atoms with Gasteiger partial charge in [-0.3, -0.25) is 4.74 Å². The van der Waals surface area contributed by atoms with Gasteiger partial charge in [-0.1, -0.05) is 51.1 Å². The topological polar surface area (TPSA) is 9.23 Å². The van der Waals surface area contributed by atoms with Gasteiger partial charge in [0.15, 0.2) is 0 Å². The highest BCUT2D eigenvalue weighted by Crippen LogP contribution is 2.28. The molecule has 2 atom stereocenters. The van der Waals surface area contributed by atoms with Gasteiger partial charge >= 0.3 is 6.36 Å². The summed E-state index contributed by atoms with van der Waals surface area (Å²) in [4.78, 5) is 0. The predicted octanol–water partition coefficient (Wildman–Crippen LogP) is 4.43. The summed E-state index contributed by atoms with van der Waals surface area (Å²) in [6.07, 6.45) is -4.80. The summed E-state index contributed by atoms with van der Waals surface area (Å²) in [5.74, 6) is -0.362. The highest BCUT2D eigenvalue weighted by Gasteiger charge is 2.37. The SMILES string of the molecule is CC(C)C(OC(F)(F)F)C(C)Cc1ccccc1. The van der Waals surface area contributed by atoms with Gasteiger partial charge in [0.05, 0.1) is 6.10 Å². The number of ether oxygens (including phenoxy) is 1.